The van der Waals surface area contributed by atoms with Crippen molar-refractivity contribution in [3.05, 3.63) is 0 Å². The molecule has 0 heterocycles. The third kappa shape index (κ3) is 6.94. The van der Waals surface area contributed by atoms with Gasteiger partial charge < -0.3 is 10.6 Å². The van der Waals surface area contributed by atoms with Crippen LogP contribution in [0.4, 0.5) is 0 Å². The zero-order valence-electron chi connectivity index (χ0n) is 9.79. The van der Waals surface area contributed by atoms with Crippen molar-refractivity contribution >= 4 is 11.8 Å². The Morgan fingerprint density at radius 2 is 1.80 bits per heavy atom. The van der Waals surface area contributed by atoms with E-state index < -0.39 is 0 Å². The predicted molar refractivity (Wildman–Crippen MR) is 60.2 cm³/mol. The Hall–Kier alpha value is -1.06. The van der Waals surface area contributed by atoms with Gasteiger partial charge >= 0.3 is 0 Å². The van der Waals surface area contributed by atoms with Crippen LogP contribution in [-0.4, -0.2) is 29.8 Å². The van der Waals surface area contributed by atoms with Crippen LogP contribution in [-0.2, 0) is 9.59 Å². The number of carbonyl (C=O) groups excluding carboxylic acids is 2. The first-order valence-corrected chi connectivity index (χ1v) is 5.67. The summed E-state index contributed by atoms with van der Waals surface area (Å²) in [6, 6.07) is 0. The molecule has 0 aliphatic heterocycles. The van der Waals surface area contributed by atoms with Crippen molar-refractivity contribution < 1.29 is 9.59 Å². The van der Waals surface area contributed by atoms with Gasteiger partial charge in [-0.2, -0.15) is 0 Å². The minimum atomic E-state index is -0.299. The van der Waals surface area contributed by atoms with E-state index in [1.165, 1.54) is 0 Å². The minimum Gasteiger partial charge on any atom is -0.370 e. The first-order valence-electron chi connectivity index (χ1n) is 5.67. The fourth-order valence-corrected chi connectivity index (χ4v) is 1.39. The fraction of sp³-hybridized carbons (Fsp3) is 0.818. The van der Waals surface area contributed by atoms with E-state index in [0.717, 1.165) is 12.8 Å². The fourth-order valence-electron chi connectivity index (χ4n) is 1.39. The lowest BCUT2D eigenvalue weighted by Crippen LogP contribution is -2.32. The average molecular weight is 214 g/mol. The van der Waals surface area contributed by atoms with E-state index >= 15 is 0 Å². The Bertz CT molecular complexity index is 205. The molecule has 4 nitrogen and oxygen atoms in total. The van der Waals surface area contributed by atoms with Gasteiger partial charge in [0.1, 0.15) is 0 Å². The number of rotatable bonds is 8. The van der Waals surface area contributed by atoms with E-state index in [-0.39, 0.29) is 11.8 Å². The number of amides is 2. The van der Waals surface area contributed by atoms with Crippen LogP contribution in [0.2, 0.25) is 0 Å². The minimum absolute atomic E-state index is 0.184. The standard InChI is InChI=1S/C11H22N2O2/c1-3-5-8-11(15)13(4-2)9-6-7-10(12)14/h3-9H2,1-2H3,(H2,12,14). The molecule has 0 unspecified atom stereocenters. The van der Waals surface area contributed by atoms with Crippen molar-refractivity contribution in [2.75, 3.05) is 13.1 Å². The van der Waals surface area contributed by atoms with Crippen LogP contribution in [0.15, 0.2) is 0 Å². The Kier molecular flexibility index (Phi) is 7.68. The third-order valence-electron chi connectivity index (χ3n) is 2.33. The van der Waals surface area contributed by atoms with Gasteiger partial charge in [0.05, 0.1) is 0 Å². The highest BCUT2D eigenvalue weighted by Crippen LogP contribution is 2.02. The zero-order valence-corrected chi connectivity index (χ0v) is 9.79. The topological polar surface area (TPSA) is 63.4 Å². The van der Waals surface area contributed by atoms with Gasteiger partial charge in [-0.1, -0.05) is 13.3 Å². The summed E-state index contributed by atoms with van der Waals surface area (Å²) < 4.78 is 0. The summed E-state index contributed by atoms with van der Waals surface area (Å²) in [6.45, 7) is 5.37. The summed E-state index contributed by atoms with van der Waals surface area (Å²) in [4.78, 5) is 23.9. The van der Waals surface area contributed by atoms with Gasteiger partial charge in [-0.25, -0.2) is 0 Å². The lowest BCUT2D eigenvalue weighted by molar-refractivity contribution is -0.131. The van der Waals surface area contributed by atoms with Crippen molar-refractivity contribution in [1.29, 1.82) is 0 Å². The highest BCUT2D eigenvalue weighted by molar-refractivity contribution is 5.76. The Labute approximate surface area is 91.8 Å². The van der Waals surface area contributed by atoms with Gasteiger partial charge in [-0.05, 0) is 19.8 Å². The third-order valence-corrected chi connectivity index (χ3v) is 2.33. The van der Waals surface area contributed by atoms with Gasteiger partial charge in [0.15, 0.2) is 0 Å². The highest BCUT2D eigenvalue weighted by atomic mass is 16.2. The summed E-state index contributed by atoms with van der Waals surface area (Å²) in [5, 5.41) is 0. The molecule has 2 N–H and O–H groups in total. The van der Waals surface area contributed by atoms with Crippen LogP contribution in [0.1, 0.15) is 46.0 Å². The molecule has 0 aromatic carbocycles. The Balaban J connectivity index is 3.79. The van der Waals surface area contributed by atoms with Crippen molar-refractivity contribution in [2.24, 2.45) is 5.73 Å². The first kappa shape index (κ1) is 13.9. The summed E-state index contributed by atoms with van der Waals surface area (Å²) in [5.74, 6) is -0.115. The van der Waals surface area contributed by atoms with Crippen LogP contribution in [0.25, 0.3) is 0 Å². The number of nitrogens with zero attached hydrogens (tertiary/aromatic N) is 1. The predicted octanol–water partition coefficient (Wildman–Crippen LogP) is 1.29. The average Bonchev–Trinajstić information content (AvgIpc) is 2.20. The molecule has 2 amide bonds. The summed E-state index contributed by atoms with van der Waals surface area (Å²) in [5.41, 5.74) is 5.03. The number of unbranched alkanes of at least 4 members (excludes halogenated alkanes) is 1. The second-order valence-electron chi connectivity index (χ2n) is 3.65. The second kappa shape index (κ2) is 8.26. The van der Waals surface area contributed by atoms with Gasteiger partial charge in [-0.15, -0.1) is 0 Å². The molecule has 0 aliphatic rings. The molecule has 0 aromatic heterocycles. The summed E-state index contributed by atoms with van der Waals surface area (Å²) >= 11 is 0. The Morgan fingerprint density at radius 1 is 1.13 bits per heavy atom. The van der Waals surface area contributed by atoms with E-state index in [9.17, 15) is 9.59 Å². The van der Waals surface area contributed by atoms with Crippen LogP contribution < -0.4 is 5.73 Å². The van der Waals surface area contributed by atoms with Crippen LogP contribution in [0, 0.1) is 0 Å². The van der Waals surface area contributed by atoms with E-state index in [1.54, 1.807) is 4.90 Å². The van der Waals surface area contributed by atoms with Crippen LogP contribution in [0.3, 0.4) is 0 Å². The molecule has 0 aliphatic carbocycles. The van der Waals surface area contributed by atoms with Crippen molar-refractivity contribution in [3.8, 4) is 0 Å². The highest BCUT2D eigenvalue weighted by Gasteiger charge is 2.10. The molecule has 0 radical (unpaired) electrons. The molecule has 15 heavy (non-hydrogen) atoms. The van der Waals surface area contributed by atoms with Crippen molar-refractivity contribution in [2.45, 2.75) is 46.0 Å². The van der Waals surface area contributed by atoms with E-state index in [1.807, 2.05) is 6.92 Å². The lowest BCUT2D eigenvalue weighted by Gasteiger charge is -2.20. The Morgan fingerprint density at radius 3 is 2.27 bits per heavy atom. The molecule has 0 rings (SSSR count). The molecule has 0 fully saturated rings. The lowest BCUT2D eigenvalue weighted by atomic mass is 10.2. The molecule has 0 bridgehead atoms. The van der Waals surface area contributed by atoms with E-state index in [2.05, 4.69) is 6.92 Å². The molecule has 0 spiro atoms. The monoisotopic (exact) mass is 214 g/mol. The summed E-state index contributed by atoms with van der Waals surface area (Å²) in [7, 11) is 0. The first-order chi connectivity index (χ1) is 7.11. The number of primary amides is 1. The second-order valence-corrected chi connectivity index (χ2v) is 3.65. The van der Waals surface area contributed by atoms with E-state index in [0.29, 0.717) is 32.4 Å². The van der Waals surface area contributed by atoms with Gasteiger partial charge in [0.25, 0.3) is 0 Å². The number of carbonyl (C=O) groups is 2. The van der Waals surface area contributed by atoms with Gasteiger partial charge in [0.2, 0.25) is 11.8 Å². The van der Waals surface area contributed by atoms with Gasteiger partial charge in [0, 0.05) is 25.9 Å². The number of hydrogen-bond acceptors (Lipinski definition) is 2. The molecule has 4 heteroatoms. The number of hydrogen-bond donors (Lipinski definition) is 1. The molecular weight excluding hydrogens is 192 g/mol. The zero-order chi connectivity index (χ0) is 11.7. The molecule has 0 aromatic rings. The summed E-state index contributed by atoms with van der Waals surface area (Å²) in [6.07, 6.45) is 3.61. The quantitative estimate of drug-likeness (QED) is 0.661. The number of nitrogens with two attached hydrogens (primary N) is 1. The van der Waals surface area contributed by atoms with Crippen LogP contribution in [0.5, 0.6) is 0 Å². The SMILES string of the molecule is CCCCC(=O)N(CC)CCCC(N)=O. The van der Waals surface area contributed by atoms with E-state index in [4.69, 9.17) is 5.73 Å². The molecule has 0 saturated carbocycles. The molecule has 88 valence electrons. The molecular formula is C11H22N2O2. The van der Waals surface area contributed by atoms with Crippen molar-refractivity contribution in [1.82, 2.24) is 4.90 Å². The largest absolute Gasteiger partial charge is 0.370 e. The van der Waals surface area contributed by atoms with Crippen molar-refractivity contribution in [3.63, 3.8) is 0 Å². The van der Waals surface area contributed by atoms with Crippen LogP contribution >= 0.6 is 0 Å². The molecule has 0 saturated heterocycles. The smallest absolute Gasteiger partial charge is 0.222 e. The normalized spacial score (nSPS) is 10.0. The maximum absolute atomic E-state index is 11.6. The maximum atomic E-state index is 11.6. The maximum Gasteiger partial charge on any atom is 0.222 e. The molecule has 0 atom stereocenters. The van der Waals surface area contributed by atoms with Gasteiger partial charge in [-0.3, -0.25) is 9.59 Å².